The molecule has 6 rings (SSSR count). The summed E-state index contributed by atoms with van der Waals surface area (Å²) >= 11 is 0. The van der Waals surface area contributed by atoms with Crippen molar-refractivity contribution in [1.82, 2.24) is 0 Å². The SMILES string of the molecule is Cc1c(C)c(C)c2c(C)c3c(c(C)c2c1C)c1c(C)c(C)c2cc[c-]4c(C)c(C)c3[c-]1c24. The van der Waals surface area contributed by atoms with Crippen LogP contribution in [0.3, 0.4) is 0 Å². The fourth-order valence-corrected chi connectivity index (χ4v) is 7.03. The lowest BCUT2D eigenvalue weighted by Crippen LogP contribution is -1.98. The van der Waals surface area contributed by atoms with Gasteiger partial charge in [-0.1, -0.05) is 31.7 Å². The molecule has 0 aliphatic heterocycles. The van der Waals surface area contributed by atoms with Crippen molar-refractivity contribution in [2.24, 2.45) is 0 Å². The summed E-state index contributed by atoms with van der Waals surface area (Å²) in [6, 6.07) is 4.71. The highest BCUT2D eigenvalue weighted by molar-refractivity contribution is 6.40. The minimum atomic E-state index is 1.44. The van der Waals surface area contributed by atoms with E-state index in [2.05, 4.69) is 81.4 Å². The Bertz CT molecular complexity index is 1660. The third-order valence-electron chi connectivity index (χ3n) is 9.33. The summed E-state index contributed by atoms with van der Waals surface area (Å²) in [6.45, 7) is 23.3. The Morgan fingerprint density at radius 1 is 0.469 bits per heavy atom. The van der Waals surface area contributed by atoms with Crippen LogP contribution in [-0.2, 0) is 0 Å². The number of benzene rings is 4. The van der Waals surface area contributed by atoms with Crippen LogP contribution in [0.4, 0.5) is 0 Å². The molecule has 0 saturated carbocycles. The summed E-state index contributed by atoms with van der Waals surface area (Å²) in [7, 11) is 0. The molecule has 0 saturated heterocycles. The lowest BCUT2D eigenvalue weighted by molar-refractivity contribution is 1.24. The molecule has 0 amide bonds. The molecule has 0 heterocycles. The van der Waals surface area contributed by atoms with Crippen LogP contribution in [0.2, 0.25) is 0 Å². The molecule has 6 aromatic rings. The average molecular weight is 417 g/mol. The highest BCUT2D eigenvalue weighted by Gasteiger charge is 2.21. The van der Waals surface area contributed by atoms with E-state index < -0.39 is 0 Å². The fraction of sp³-hybridized carbons (Fsp3) is 0.312. The standard InChI is InChI=1S/C32H32/c1-13-14(2)18(6)26-22(10)30-28-20(8)16(4)24-12-11-23-15(3)19(7)27(32(28)31(23)24)29(30)21(9)25(26)17(13)5/h11-12H,1-10H3/q-2. The lowest BCUT2D eigenvalue weighted by atomic mass is 9.84. The molecule has 0 fully saturated rings. The van der Waals surface area contributed by atoms with Gasteiger partial charge in [-0.15, -0.1) is 16.3 Å². The van der Waals surface area contributed by atoms with Gasteiger partial charge in [0.2, 0.25) is 0 Å². The number of hydrogen-bond acceptors (Lipinski definition) is 0. The van der Waals surface area contributed by atoms with Crippen molar-refractivity contribution in [3.63, 3.8) is 0 Å². The Labute approximate surface area is 190 Å². The minimum absolute atomic E-state index is 1.44. The predicted molar refractivity (Wildman–Crippen MR) is 144 cm³/mol. The summed E-state index contributed by atoms with van der Waals surface area (Å²) in [5, 5.41) is 14.8. The summed E-state index contributed by atoms with van der Waals surface area (Å²) in [4.78, 5) is 0. The van der Waals surface area contributed by atoms with Gasteiger partial charge < -0.3 is 0 Å². The van der Waals surface area contributed by atoms with E-state index in [-0.39, 0.29) is 0 Å². The van der Waals surface area contributed by atoms with Crippen LogP contribution < -0.4 is 0 Å². The van der Waals surface area contributed by atoms with Gasteiger partial charge in [0.25, 0.3) is 0 Å². The quantitative estimate of drug-likeness (QED) is 0.216. The topological polar surface area (TPSA) is 0 Å². The Balaban J connectivity index is 2.12. The summed E-state index contributed by atoms with van der Waals surface area (Å²) in [5.41, 5.74) is 14.5. The van der Waals surface area contributed by atoms with E-state index in [0.29, 0.717) is 0 Å². The molecule has 0 radical (unpaired) electrons. The molecule has 162 valence electrons. The van der Waals surface area contributed by atoms with E-state index in [1.165, 1.54) is 109 Å². The van der Waals surface area contributed by atoms with E-state index >= 15 is 0 Å². The van der Waals surface area contributed by atoms with Gasteiger partial charge in [-0.25, -0.2) is 22.9 Å². The first-order chi connectivity index (χ1) is 15.1. The Kier molecular flexibility index (Phi) is 3.67. The van der Waals surface area contributed by atoms with Crippen LogP contribution in [0.25, 0.3) is 53.9 Å². The van der Waals surface area contributed by atoms with E-state index in [9.17, 15) is 0 Å². The molecular formula is C32H32-2. The van der Waals surface area contributed by atoms with E-state index in [1.54, 1.807) is 0 Å². The van der Waals surface area contributed by atoms with Crippen molar-refractivity contribution >= 4 is 53.9 Å². The predicted octanol–water partition coefficient (Wildman–Crippen LogP) is 9.41. The molecule has 0 aliphatic rings. The molecule has 6 aromatic carbocycles. The summed E-state index contributed by atoms with van der Waals surface area (Å²) in [5.74, 6) is 0. The smallest absolute Gasteiger partial charge is 0.0111 e. The van der Waals surface area contributed by atoms with Crippen molar-refractivity contribution in [1.29, 1.82) is 0 Å². The second-order valence-electron chi connectivity index (χ2n) is 10.4. The van der Waals surface area contributed by atoms with Gasteiger partial charge in [-0.3, -0.25) is 0 Å². The molecule has 0 atom stereocenters. The highest BCUT2D eigenvalue weighted by Crippen LogP contribution is 2.52. The number of hydrogen-bond donors (Lipinski definition) is 0. The maximum absolute atomic E-state index is 2.38. The molecule has 32 heavy (non-hydrogen) atoms. The molecule has 0 aromatic heterocycles. The van der Waals surface area contributed by atoms with Crippen LogP contribution in [0, 0.1) is 69.2 Å². The number of rotatable bonds is 0. The van der Waals surface area contributed by atoms with Gasteiger partial charge in [-0.05, 0) is 103 Å². The first-order valence-corrected chi connectivity index (χ1v) is 11.9. The second kappa shape index (κ2) is 5.93. The third-order valence-corrected chi connectivity index (χ3v) is 9.33. The molecule has 0 bridgehead atoms. The molecule has 0 nitrogen and oxygen atoms in total. The summed E-state index contributed by atoms with van der Waals surface area (Å²) < 4.78 is 0. The van der Waals surface area contributed by atoms with Gasteiger partial charge in [0.15, 0.2) is 0 Å². The zero-order valence-electron chi connectivity index (χ0n) is 21.2. The zero-order valence-corrected chi connectivity index (χ0v) is 21.2. The number of aryl methyl sites for hydroxylation is 8. The first-order valence-electron chi connectivity index (χ1n) is 11.9. The first kappa shape index (κ1) is 19.8. The van der Waals surface area contributed by atoms with E-state index in [1.807, 2.05) is 0 Å². The van der Waals surface area contributed by atoms with Gasteiger partial charge in [-0.2, -0.15) is 16.5 Å². The van der Waals surface area contributed by atoms with E-state index in [4.69, 9.17) is 0 Å². The highest BCUT2D eigenvalue weighted by atomic mass is 14.3. The Hall–Kier alpha value is -2.86. The van der Waals surface area contributed by atoms with Gasteiger partial charge >= 0.3 is 0 Å². The molecule has 0 aliphatic carbocycles. The zero-order chi connectivity index (χ0) is 23.0. The monoisotopic (exact) mass is 416 g/mol. The van der Waals surface area contributed by atoms with Crippen molar-refractivity contribution in [3.8, 4) is 0 Å². The Morgan fingerprint density at radius 3 is 1.50 bits per heavy atom. The minimum Gasteiger partial charge on any atom is -0.238 e. The van der Waals surface area contributed by atoms with Crippen molar-refractivity contribution in [2.45, 2.75) is 69.2 Å². The third kappa shape index (κ3) is 1.93. The van der Waals surface area contributed by atoms with Crippen molar-refractivity contribution in [3.05, 3.63) is 67.8 Å². The summed E-state index contributed by atoms with van der Waals surface area (Å²) in [6.07, 6.45) is 0. The van der Waals surface area contributed by atoms with Crippen LogP contribution in [0.5, 0.6) is 0 Å². The lowest BCUT2D eigenvalue weighted by Gasteiger charge is -2.25. The normalized spacial score (nSPS) is 12.7. The number of fused-ring (bicyclic) bond motifs is 4. The van der Waals surface area contributed by atoms with Crippen molar-refractivity contribution in [2.75, 3.05) is 0 Å². The molecule has 0 N–H and O–H groups in total. The van der Waals surface area contributed by atoms with Gasteiger partial charge in [0.1, 0.15) is 0 Å². The molecule has 0 heteroatoms. The fourth-order valence-electron chi connectivity index (χ4n) is 7.03. The van der Waals surface area contributed by atoms with Crippen molar-refractivity contribution < 1.29 is 0 Å². The van der Waals surface area contributed by atoms with Gasteiger partial charge in [0, 0.05) is 0 Å². The molecule has 0 unspecified atom stereocenters. The van der Waals surface area contributed by atoms with Gasteiger partial charge in [0.05, 0.1) is 0 Å². The second-order valence-corrected chi connectivity index (χ2v) is 10.4. The maximum atomic E-state index is 2.38. The van der Waals surface area contributed by atoms with Crippen LogP contribution in [0.1, 0.15) is 55.6 Å². The van der Waals surface area contributed by atoms with E-state index in [0.717, 1.165) is 0 Å². The largest absolute Gasteiger partial charge is 0.238 e. The Morgan fingerprint density at radius 2 is 0.969 bits per heavy atom. The maximum Gasteiger partial charge on any atom is -0.0111 e. The molecule has 0 spiro atoms. The van der Waals surface area contributed by atoms with Crippen LogP contribution in [-0.4, -0.2) is 0 Å². The van der Waals surface area contributed by atoms with Crippen LogP contribution >= 0.6 is 0 Å². The van der Waals surface area contributed by atoms with Crippen LogP contribution in [0.15, 0.2) is 12.1 Å². The molecular weight excluding hydrogens is 384 g/mol. The average Bonchev–Trinajstić information content (AvgIpc) is 3.35.